The van der Waals surface area contributed by atoms with E-state index in [1.165, 1.54) is 24.3 Å². The van der Waals surface area contributed by atoms with Crippen molar-refractivity contribution in [3.63, 3.8) is 0 Å². The zero-order valence-electron chi connectivity index (χ0n) is 13.1. The van der Waals surface area contributed by atoms with Gasteiger partial charge in [-0.1, -0.05) is 12.1 Å². The van der Waals surface area contributed by atoms with Gasteiger partial charge in [-0.3, -0.25) is 10.1 Å². The van der Waals surface area contributed by atoms with E-state index in [9.17, 15) is 10.1 Å². The number of benzene rings is 2. The van der Waals surface area contributed by atoms with Crippen LogP contribution < -0.4 is 14.4 Å². The van der Waals surface area contributed by atoms with Crippen molar-refractivity contribution in [3.05, 3.63) is 57.6 Å². The van der Waals surface area contributed by atoms with E-state index < -0.39 is 4.92 Å². The van der Waals surface area contributed by atoms with Crippen molar-refractivity contribution in [2.45, 2.75) is 13.0 Å². The number of ether oxygens (including phenoxy) is 2. The summed E-state index contributed by atoms with van der Waals surface area (Å²) in [4.78, 5) is 12.8. The highest BCUT2D eigenvalue weighted by Crippen LogP contribution is 2.35. The Labute approximate surface area is 134 Å². The van der Waals surface area contributed by atoms with Crippen LogP contribution >= 0.6 is 0 Å². The molecule has 3 rings (SSSR count). The van der Waals surface area contributed by atoms with Gasteiger partial charge in [0.2, 0.25) is 0 Å². The average molecular weight is 314 g/mol. The monoisotopic (exact) mass is 314 g/mol. The third-order valence-corrected chi connectivity index (χ3v) is 4.17. The Hall–Kier alpha value is -2.76. The van der Waals surface area contributed by atoms with Gasteiger partial charge in [-0.2, -0.15) is 0 Å². The molecule has 120 valence electrons. The van der Waals surface area contributed by atoms with E-state index in [1.807, 2.05) is 12.1 Å². The molecule has 0 bridgehead atoms. The zero-order valence-corrected chi connectivity index (χ0v) is 13.1. The summed E-state index contributed by atoms with van der Waals surface area (Å²) in [7, 11) is 3.13. The molecule has 1 aliphatic heterocycles. The Kier molecular flexibility index (Phi) is 4.06. The molecular formula is C17H18N2O4. The molecule has 6 nitrogen and oxygen atoms in total. The molecule has 2 aromatic carbocycles. The first-order valence-corrected chi connectivity index (χ1v) is 7.36. The third-order valence-electron chi connectivity index (χ3n) is 4.17. The van der Waals surface area contributed by atoms with E-state index in [2.05, 4.69) is 11.0 Å². The highest BCUT2D eigenvalue weighted by molar-refractivity contribution is 5.60. The average Bonchev–Trinajstić information content (AvgIpc) is 2.59. The van der Waals surface area contributed by atoms with Gasteiger partial charge in [-0.25, -0.2) is 0 Å². The normalized spacial score (nSPS) is 13.4. The van der Waals surface area contributed by atoms with Gasteiger partial charge in [0.1, 0.15) is 5.75 Å². The first kappa shape index (κ1) is 15.1. The van der Waals surface area contributed by atoms with E-state index in [0.29, 0.717) is 0 Å². The van der Waals surface area contributed by atoms with E-state index in [-0.39, 0.29) is 11.4 Å². The Balaban J connectivity index is 1.90. The van der Waals surface area contributed by atoms with Crippen LogP contribution in [0.3, 0.4) is 0 Å². The highest BCUT2D eigenvalue weighted by atomic mass is 16.6. The molecule has 0 saturated heterocycles. The maximum absolute atomic E-state index is 11.0. The highest BCUT2D eigenvalue weighted by Gasteiger charge is 2.22. The molecule has 0 amide bonds. The van der Waals surface area contributed by atoms with Crippen LogP contribution in [0.15, 0.2) is 36.4 Å². The molecule has 1 aliphatic rings. The van der Waals surface area contributed by atoms with Gasteiger partial charge in [-0.05, 0) is 24.1 Å². The molecule has 0 spiro atoms. The van der Waals surface area contributed by atoms with Gasteiger partial charge in [0.15, 0.2) is 5.75 Å². The fourth-order valence-electron chi connectivity index (χ4n) is 3.00. The summed E-state index contributed by atoms with van der Waals surface area (Å²) >= 11 is 0. The quantitative estimate of drug-likeness (QED) is 0.640. The molecular weight excluding hydrogens is 296 g/mol. The molecule has 23 heavy (non-hydrogen) atoms. The number of nitro groups is 1. The van der Waals surface area contributed by atoms with Crippen LogP contribution in [0.4, 0.5) is 11.4 Å². The molecule has 0 atom stereocenters. The number of hydrogen-bond acceptors (Lipinski definition) is 5. The SMILES string of the molecule is COc1cc(N2CCc3c(cccc3OC)C2)ccc1[N+](=O)[O-]. The second-order valence-corrected chi connectivity index (χ2v) is 5.38. The molecule has 6 heteroatoms. The Morgan fingerprint density at radius 1 is 1.13 bits per heavy atom. The number of methoxy groups -OCH3 is 2. The van der Waals surface area contributed by atoms with Crippen LogP contribution in [0.5, 0.6) is 11.5 Å². The van der Waals surface area contributed by atoms with Crippen molar-refractivity contribution in [1.82, 2.24) is 0 Å². The minimum Gasteiger partial charge on any atom is -0.496 e. The van der Waals surface area contributed by atoms with E-state index in [0.717, 1.165) is 30.9 Å². The van der Waals surface area contributed by atoms with Gasteiger partial charge in [0.05, 0.1) is 19.1 Å². The van der Waals surface area contributed by atoms with Crippen molar-refractivity contribution in [1.29, 1.82) is 0 Å². The number of hydrogen-bond donors (Lipinski definition) is 0. The van der Waals surface area contributed by atoms with E-state index in [4.69, 9.17) is 9.47 Å². The van der Waals surface area contributed by atoms with E-state index in [1.54, 1.807) is 19.2 Å². The maximum atomic E-state index is 11.0. The third kappa shape index (κ3) is 2.79. The lowest BCUT2D eigenvalue weighted by Gasteiger charge is -2.31. The first-order valence-electron chi connectivity index (χ1n) is 7.36. The van der Waals surface area contributed by atoms with E-state index >= 15 is 0 Å². The van der Waals surface area contributed by atoms with Crippen LogP contribution in [-0.4, -0.2) is 25.7 Å². The fourth-order valence-corrected chi connectivity index (χ4v) is 3.00. The maximum Gasteiger partial charge on any atom is 0.311 e. The molecule has 0 radical (unpaired) electrons. The van der Waals surface area contributed by atoms with Crippen molar-refractivity contribution < 1.29 is 14.4 Å². The summed E-state index contributed by atoms with van der Waals surface area (Å²) in [5, 5.41) is 11.0. The van der Waals surface area contributed by atoms with Gasteiger partial charge in [0.25, 0.3) is 0 Å². The lowest BCUT2D eigenvalue weighted by molar-refractivity contribution is -0.385. The standard InChI is InChI=1S/C17H18N2O4/c1-22-16-5-3-4-12-11-18(9-8-14(12)16)13-6-7-15(19(20)21)17(10-13)23-2/h3-7,10H,8-9,11H2,1-2H3. The minimum absolute atomic E-state index is 0.0182. The topological polar surface area (TPSA) is 64.8 Å². The zero-order chi connectivity index (χ0) is 16.4. The summed E-state index contributed by atoms with van der Waals surface area (Å²) in [5.74, 6) is 1.20. The van der Waals surface area contributed by atoms with Crippen LogP contribution in [0.2, 0.25) is 0 Å². The van der Waals surface area contributed by atoms with Crippen molar-refractivity contribution in [2.75, 3.05) is 25.7 Å². The first-order chi connectivity index (χ1) is 11.1. The second-order valence-electron chi connectivity index (χ2n) is 5.38. The lowest BCUT2D eigenvalue weighted by atomic mass is 9.98. The van der Waals surface area contributed by atoms with Gasteiger partial charge < -0.3 is 14.4 Å². The molecule has 1 heterocycles. The Morgan fingerprint density at radius 3 is 2.61 bits per heavy atom. The number of rotatable bonds is 4. The Morgan fingerprint density at radius 2 is 1.91 bits per heavy atom. The Bertz CT molecular complexity index is 745. The molecule has 2 aromatic rings. The molecule has 0 N–H and O–H groups in total. The van der Waals surface area contributed by atoms with Crippen molar-refractivity contribution in [2.24, 2.45) is 0 Å². The predicted molar refractivity (Wildman–Crippen MR) is 87.4 cm³/mol. The van der Waals surface area contributed by atoms with Crippen LogP contribution in [0.25, 0.3) is 0 Å². The molecule has 0 fully saturated rings. The summed E-state index contributed by atoms with van der Waals surface area (Å²) in [6.07, 6.45) is 0.874. The minimum atomic E-state index is -0.432. The molecule has 0 aliphatic carbocycles. The predicted octanol–water partition coefficient (Wildman–Crippen LogP) is 3.17. The van der Waals surface area contributed by atoms with Crippen LogP contribution in [0.1, 0.15) is 11.1 Å². The summed E-state index contributed by atoms with van der Waals surface area (Å²) < 4.78 is 10.6. The number of anilines is 1. The van der Waals surface area contributed by atoms with Gasteiger partial charge in [-0.15, -0.1) is 0 Å². The summed E-state index contributed by atoms with van der Waals surface area (Å²) in [6, 6.07) is 11.0. The van der Waals surface area contributed by atoms with Crippen LogP contribution in [0, 0.1) is 10.1 Å². The molecule has 0 saturated carbocycles. The summed E-state index contributed by atoms with van der Waals surface area (Å²) in [6.45, 7) is 1.57. The van der Waals surface area contributed by atoms with Gasteiger partial charge >= 0.3 is 5.69 Å². The smallest absolute Gasteiger partial charge is 0.311 e. The summed E-state index contributed by atoms with van der Waals surface area (Å²) in [5.41, 5.74) is 3.35. The lowest BCUT2D eigenvalue weighted by Crippen LogP contribution is -2.30. The molecule has 0 unspecified atom stereocenters. The fraction of sp³-hybridized carbons (Fsp3) is 0.294. The number of fused-ring (bicyclic) bond motifs is 1. The van der Waals surface area contributed by atoms with Crippen molar-refractivity contribution in [3.8, 4) is 11.5 Å². The van der Waals surface area contributed by atoms with Gasteiger partial charge in [0, 0.05) is 36.5 Å². The van der Waals surface area contributed by atoms with Crippen LogP contribution in [-0.2, 0) is 13.0 Å². The molecule has 0 aromatic heterocycles. The number of nitro benzene ring substituents is 1. The number of nitrogens with zero attached hydrogens (tertiary/aromatic N) is 2. The largest absolute Gasteiger partial charge is 0.496 e. The second kappa shape index (κ2) is 6.16. The van der Waals surface area contributed by atoms with Crippen molar-refractivity contribution >= 4 is 11.4 Å².